The van der Waals surface area contributed by atoms with Crippen molar-refractivity contribution in [3.63, 3.8) is 0 Å². The summed E-state index contributed by atoms with van der Waals surface area (Å²) in [5.74, 6) is 0.530. The molecule has 0 bridgehead atoms. The fourth-order valence-electron chi connectivity index (χ4n) is 2.36. The molecule has 0 spiro atoms. The predicted molar refractivity (Wildman–Crippen MR) is 67.3 cm³/mol. The van der Waals surface area contributed by atoms with Gasteiger partial charge in [-0.3, -0.25) is 4.79 Å². The number of carbonyl (C=O) groups is 1. The number of ketones is 1. The number of hydrogen-bond donors (Lipinski definition) is 1. The van der Waals surface area contributed by atoms with Crippen LogP contribution in [0.15, 0.2) is 18.2 Å². The Morgan fingerprint density at radius 3 is 2.83 bits per heavy atom. The summed E-state index contributed by atoms with van der Waals surface area (Å²) in [5, 5.41) is 3.23. The highest BCUT2D eigenvalue weighted by molar-refractivity contribution is 5.84. The van der Waals surface area contributed by atoms with E-state index in [1.807, 2.05) is 0 Å². The lowest BCUT2D eigenvalue weighted by molar-refractivity contribution is -0.122. The van der Waals surface area contributed by atoms with Gasteiger partial charge in [0.25, 0.3) is 0 Å². The molecule has 0 radical (unpaired) electrons. The van der Waals surface area contributed by atoms with E-state index in [1.54, 1.807) is 6.07 Å². The summed E-state index contributed by atoms with van der Waals surface area (Å²) in [6.07, 6.45) is 2.00. The van der Waals surface area contributed by atoms with Crippen LogP contribution >= 0.6 is 0 Å². The van der Waals surface area contributed by atoms with E-state index in [-0.39, 0.29) is 23.9 Å². The van der Waals surface area contributed by atoms with Crippen molar-refractivity contribution in [2.24, 2.45) is 5.92 Å². The van der Waals surface area contributed by atoms with Gasteiger partial charge in [-0.15, -0.1) is 0 Å². The molecule has 0 unspecified atom stereocenters. The van der Waals surface area contributed by atoms with Gasteiger partial charge in [-0.05, 0) is 44.1 Å². The monoisotopic (exact) mass is 251 g/mol. The van der Waals surface area contributed by atoms with E-state index in [9.17, 15) is 9.18 Å². The van der Waals surface area contributed by atoms with Gasteiger partial charge in [-0.1, -0.05) is 0 Å². The summed E-state index contributed by atoms with van der Waals surface area (Å²) in [4.78, 5) is 12.1. The number of ether oxygens (including phenoxy) is 1. The normalized spacial score (nSPS) is 16.6. The minimum atomic E-state index is -0.330. The van der Waals surface area contributed by atoms with Crippen LogP contribution in [0.3, 0.4) is 0 Å². The molecule has 1 aliphatic heterocycles. The molecule has 0 atom stereocenters. The molecule has 1 heterocycles. The summed E-state index contributed by atoms with van der Waals surface area (Å²) >= 11 is 0. The van der Waals surface area contributed by atoms with Crippen LogP contribution in [0.25, 0.3) is 0 Å². The number of halogens is 1. The smallest absolute Gasteiger partial charge is 0.140 e. The first-order valence-corrected chi connectivity index (χ1v) is 6.26. The minimum Gasteiger partial charge on any atom is -0.496 e. The molecule has 2 rings (SSSR count). The van der Waals surface area contributed by atoms with Gasteiger partial charge in [0.05, 0.1) is 7.11 Å². The van der Waals surface area contributed by atoms with E-state index >= 15 is 0 Å². The largest absolute Gasteiger partial charge is 0.496 e. The molecule has 1 saturated heterocycles. The molecule has 98 valence electrons. The summed E-state index contributed by atoms with van der Waals surface area (Å²) in [7, 11) is 1.53. The molecular formula is C14H18FNO2. The topological polar surface area (TPSA) is 38.3 Å². The Bertz CT molecular complexity index is 428. The van der Waals surface area contributed by atoms with Crippen LogP contribution in [0, 0.1) is 11.7 Å². The Kier molecular flexibility index (Phi) is 4.31. The maximum absolute atomic E-state index is 13.2. The Labute approximate surface area is 106 Å². The van der Waals surface area contributed by atoms with Gasteiger partial charge in [0.15, 0.2) is 0 Å². The zero-order valence-corrected chi connectivity index (χ0v) is 10.5. The number of carbonyl (C=O) groups excluding carboxylic acids is 1. The third-order valence-corrected chi connectivity index (χ3v) is 3.40. The molecule has 1 aromatic carbocycles. The van der Waals surface area contributed by atoms with E-state index in [0.717, 1.165) is 25.9 Å². The molecule has 0 saturated carbocycles. The number of methoxy groups -OCH3 is 1. The second kappa shape index (κ2) is 5.96. The van der Waals surface area contributed by atoms with Crippen LogP contribution in [0.4, 0.5) is 4.39 Å². The zero-order valence-electron chi connectivity index (χ0n) is 10.5. The number of piperidine rings is 1. The summed E-state index contributed by atoms with van der Waals surface area (Å²) in [6.45, 7) is 1.77. The van der Waals surface area contributed by atoms with Crippen molar-refractivity contribution < 1.29 is 13.9 Å². The standard InChI is InChI=1S/C14H18FNO2/c1-18-14-3-2-12(15)8-11(14)9-13(17)10-4-6-16-7-5-10/h2-3,8,10,16H,4-7,9H2,1H3. The van der Waals surface area contributed by atoms with Crippen molar-refractivity contribution >= 4 is 5.78 Å². The highest BCUT2D eigenvalue weighted by Crippen LogP contribution is 2.23. The maximum atomic E-state index is 13.2. The van der Waals surface area contributed by atoms with Crippen molar-refractivity contribution in [3.8, 4) is 5.75 Å². The van der Waals surface area contributed by atoms with Crippen molar-refractivity contribution in [2.75, 3.05) is 20.2 Å². The lowest BCUT2D eigenvalue weighted by Gasteiger charge is -2.21. The first-order chi connectivity index (χ1) is 8.70. The number of nitrogens with one attached hydrogen (secondary N) is 1. The number of benzene rings is 1. The first kappa shape index (κ1) is 13.0. The Morgan fingerprint density at radius 1 is 1.44 bits per heavy atom. The molecule has 0 aromatic heterocycles. The minimum absolute atomic E-state index is 0.0965. The third-order valence-electron chi connectivity index (χ3n) is 3.40. The Morgan fingerprint density at radius 2 is 2.17 bits per heavy atom. The quantitative estimate of drug-likeness (QED) is 0.888. The van der Waals surface area contributed by atoms with Crippen molar-refractivity contribution in [2.45, 2.75) is 19.3 Å². The van der Waals surface area contributed by atoms with Gasteiger partial charge in [0, 0.05) is 17.9 Å². The average molecular weight is 251 g/mol. The molecule has 1 fully saturated rings. The fourth-order valence-corrected chi connectivity index (χ4v) is 2.36. The van der Waals surface area contributed by atoms with Crippen LogP contribution in [0.5, 0.6) is 5.75 Å². The summed E-state index contributed by atoms with van der Waals surface area (Å²) in [5.41, 5.74) is 0.640. The molecular weight excluding hydrogens is 233 g/mol. The van der Waals surface area contributed by atoms with Gasteiger partial charge in [0.2, 0.25) is 0 Å². The van der Waals surface area contributed by atoms with Gasteiger partial charge < -0.3 is 10.1 Å². The van der Waals surface area contributed by atoms with Crippen LogP contribution in [0.2, 0.25) is 0 Å². The van der Waals surface area contributed by atoms with Crippen molar-refractivity contribution in [1.82, 2.24) is 5.32 Å². The van der Waals surface area contributed by atoms with E-state index in [4.69, 9.17) is 4.74 Å². The van der Waals surface area contributed by atoms with Crippen molar-refractivity contribution in [3.05, 3.63) is 29.6 Å². The zero-order chi connectivity index (χ0) is 13.0. The highest BCUT2D eigenvalue weighted by atomic mass is 19.1. The fraction of sp³-hybridized carbons (Fsp3) is 0.500. The van der Waals surface area contributed by atoms with Gasteiger partial charge in [0.1, 0.15) is 17.3 Å². The summed E-state index contributed by atoms with van der Waals surface area (Å²) in [6, 6.07) is 4.30. The molecule has 18 heavy (non-hydrogen) atoms. The second-order valence-electron chi connectivity index (χ2n) is 4.62. The third kappa shape index (κ3) is 3.07. The van der Waals surface area contributed by atoms with E-state index < -0.39 is 0 Å². The molecule has 1 aromatic rings. The Hall–Kier alpha value is -1.42. The van der Waals surface area contributed by atoms with Gasteiger partial charge >= 0.3 is 0 Å². The van der Waals surface area contributed by atoms with Crippen LogP contribution in [-0.2, 0) is 11.2 Å². The summed E-state index contributed by atoms with van der Waals surface area (Å²) < 4.78 is 18.4. The van der Waals surface area contributed by atoms with Crippen LogP contribution in [-0.4, -0.2) is 26.0 Å². The lowest BCUT2D eigenvalue weighted by atomic mass is 9.90. The van der Waals surface area contributed by atoms with Gasteiger partial charge in [-0.25, -0.2) is 4.39 Å². The number of rotatable bonds is 4. The number of Topliss-reactive ketones (excluding diaryl/α,β-unsaturated/α-hetero) is 1. The van der Waals surface area contributed by atoms with E-state index in [1.165, 1.54) is 19.2 Å². The molecule has 1 aliphatic rings. The van der Waals surface area contributed by atoms with E-state index in [2.05, 4.69) is 5.32 Å². The van der Waals surface area contributed by atoms with Crippen molar-refractivity contribution in [1.29, 1.82) is 0 Å². The van der Waals surface area contributed by atoms with Gasteiger partial charge in [-0.2, -0.15) is 0 Å². The SMILES string of the molecule is COc1ccc(F)cc1CC(=O)C1CCNCC1. The van der Waals surface area contributed by atoms with Crippen LogP contribution < -0.4 is 10.1 Å². The maximum Gasteiger partial charge on any atom is 0.140 e. The highest BCUT2D eigenvalue weighted by Gasteiger charge is 2.22. The van der Waals surface area contributed by atoms with Crippen LogP contribution in [0.1, 0.15) is 18.4 Å². The Balaban J connectivity index is 2.07. The lowest BCUT2D eigenvalue weighted by Crippen LogP contribution is -2.32. The van der Waals surface area contributed by atoms with E-state index in [0.29, 0.717) is 11.3 Å². The average Bonchev–Trinajstić information content (AvgIpc) is 2.40. The number of hydrogen-bond acceptors (Lipinski definition) is 3. The second-order valence-corrected chi connectivity index (χ2v) is 4.62. The molecule has 0 amide bonds. The molecule has 4 heteroatoms. The molecule has 1 N–H and O–H groups in total. The first-order valence-electron chi connectivity index (χ1n) is 6.26. The predicted octanol–water partition coefficient (Wildman–Crippen LogP) is 1.95. The molecule has 0 aliphatic carbocycles. The molecule has 3 nitrogen and oxygen atoms in total.